The van der Waals surface area contributed by atoms with E-state index in [0.29, 0.717) is 0 Å². The molecule has 1 nitrogen and oxygen atoms in total. The quantitative estimate of drug-likeness (QED) is 0.647. The van der Waals surface area contributed by atoms with Gasteiger partial charge in [-0.25, -0.2) is 0 Å². The van der Waals surface area contributed by atoms with Crippen LogP contribution >= 0.6 is 0 Å². The number of hydrogen-bond acceptors (Lipinski definition) is 1. The van der Waals surface area contributed by atoms with Gasteiger partial charge < -0.3 is 5.32 Å². The fraction of sp³-hybridized carbons (Fsp3) is 0.167. The molecule has 0 saturated carbocycles. The first-order valence-corrected chi connectivity index (χ1v) is 4.43. The van der Waals surface area contributed by atoms with Crippen LogP contribution in [0.15, 0.2) is 60.9 Å². The molecule has 0 aliphatic carbocycles. The number of nitrogens with one attached hydrogen (secondary N) is 1. The Bertz CT molecular complexity index is 279. The van der Waals surface area contributed by atoms with Crippen LogP contribution < -0.4 is 5.32 Å². The van der Waals surface area contributed by atoms with Crippen molar-refractivity contribution in [2.24, 2.45) is 0 Å². The van der Waals surface area contributed by atoms with E-state index in [0.717, 1.165) is 0 Å². The number of rotatable bonds is 3. The predicted octanol–water partition coefficient (Wildman–Crippen LogP) is 2.72. The Kier molecular flexibility index (Phi) is 3.83. The average molecular weight is 173 g/mol. The van der Waals surface area contributed by atoms with Gasteiger partial charge in [0.2, 0.25) is 0 Å². The summed E-state index contributed by atoms with van der Waals surface area (Å²) in [4.78, 5) is 0. The Balaban J connectivity index is 2.76. The second-order valence-electron chi connectivity index (χ2n) is 2.79. The van der Waals surface area contributed by atoms with Gasteiger partial charge in [0.25, 0.3) is 0 Å². The fourth-order valence-corrected chi connectivity index (χ4v) is 1.24. The van der Waals surface area contributed by atoms with Crippen LogP contribution in [-0.2, 0) is 0 Å². The molecular formula is C12H15N. The van der Waals surface area contributed by atoms with E-state index < -0.39 is 0 Å². The molecule has 1 N–H and O–H groups in total. The van der Waals surface area contributed by atoms with Crippen LogP contribution in [0.1, 0.15) is 6.92 Å². The minimum Gasteiger partial charge on any atom is -0.381 e. The summed E-state index contributed by atoms with van der Waals surface area (Å²) in [5.74, 6) is 0. The highest BCUT2D eigenvalue weighted by Crippen LogP contribution is 2.09. The molecule has 13 heavy (non-hydrogen) atoms. The SMILES string of the molecule is C=C/C=C(\C=C/C)C1C=CC=CN1. The van der Waals surface area contributed by atoms with Crippen molar-refractivity contribution in [3.8, 4) is 0 Å². The summed E-state index contributed by atoms with van der Waals surface area (Å²) in [5, 5.41) is 3.25. The zero-order chi connectivity index (χ0) is 9.52. The van der Waals surface area contributed by atoms with Gasteiger partial charge in [0.1, 0.15) is 0 Å². The molecule has 0 spiro atoms. The van der Waals surface area contributed by atoms with E-state index in [4.69, 9.17) is 0 Å². The van der Waals surface area contributed by atoms with Gasteiger partial charge in [0, 0.05) is 0 Å². The van der Waals surface area contributed by atoms with Gasteiger partial charge in [-0.2, -0.15) is 0 Å². The van der Waals surface area contributed by atoms with E-state index in [1.165, 1.54) is 5.57 Å². The molecule has 0 bridgehead atoms. The van der Waals surface area contributed by atoms with Crippen LogP contribution in [0, 0.1) is 0 Å². The molecule has 1 aliphatic rings. The first-order valence-electron chi connectivity index (χ1n) is 4.43. The van der Waals surface area contributed by atoms with Crippen molar-refractivity contribution in [2.75, 3.05) is 0 Å². The van der Waals surface area contributed by atoms with Gasteiger partial charge in [-0.05, 0) is 24.8 Å². The fourth-order valence-electron chi connectivity index (χ4n) is 1.24. The van der Waals surface area contributed by atoms with E-state index in [1.807, 2.05) is 43.5 Å². The average Bonchev–Trinajstić information content (AvgIpc) is 2.19. The summed E-state index contributed by atoms with van der Waals surface area (Å²) in [6.07, 6.45) is 16.0. The maximum absolute atomic E-state index is 3.70. The van der Waals surface area contributed by atoms with Crippen LogP contribution in [-0.4, -0.2) is 6.04 Å². The number of allylic oxidation sites excluding steroid dienone is 5. The third kappa shape index (κ3) is 2.79. The second kappa shape index (κ2) is 5.20. The Labute approximate surface area is 79.8 Å². The van der Waals surface area contributed by atoms with Crippen LogP contribution in [0.3, 0.4) is 0 Å². The van der Waals surface area contributed by atoms with Gasteiger partial charge in [0.15, 0.2) is 0 Å². The van der Waals surface area contributed by atoms with E-state index in [2.05, 4.69) is 24.0 Å². The van der Waals surface area contributed by atoms with Crippen molar-refractivity contribution in [3.05, 3.63) is 60.9 Å². The molecule has 0 amide bonds. The standard InChI is InChI=1S/C12H15N/c1-3-7-11(8-4-2)12-9-5-6-10-13-12/h3-10,12-13H,1H2,2H3/b8-4-,11-7+. The number of dihydropyridines is 1. The summed E-state index contributed by atoms with van der Waals surface area (Å²) in [6.45, 7) is 5.71. The van der Waals surface area contributed by atoms with Crippen molar-refractivity contribution in [1.29, 1.82) is 0 Å². The van der Waals surface area contributed by atoms with Crippen LogP contribution in [0.5, 0.6) is 0 Å². The highest BCUT2D eigenvalue weighted by atomic mass is 14.9. The molecule has 1 heterocycles. The monoisotopic (exact) mass is 173 g/mol. The van der Waals surface area contributed by atoms with E-state index in [9.17, 15) is 0 Å². The molecule has 1 heteroatoms. The normalized spacial score (nSPS) is 21.9. The summed E-state index contributed by atoms with van der Waals surface area (Å²) in [5.41, 5.74) is 1.22. The third-order valence-electron chi connectivity index (χ3n) is 1.82. The van der Waals surface area contributed by atoms with Gasteiger partial charge in [-0.1, -0.05) is 43.0 Å². The Morgan fingerprint density at radius 1 is 1.46 bits per heavy atom. The summed E-state index contributed by atoms with van der Waals surface area (Å²) < 4.78 is 0. The summed E-state index contributed by atoms with van der Waals surface area (Å²) in [6, 6.07) is 0.277. The van der Waals surface area contributed by atoms with Crippen molar-refractivity contribution < 1.29 is 0 Å². The minimum atomic E-state index is 0.277. The molecule has 1 rings (SSSR count). The lowest BCUT2D eigenvalue weighted by atomic mass is 10.0. The van der Waals surface area contributed by atoms with Crippen molar-refractivity contribution >= 4 is 0 Å². The Morgan fingerprint density at radius 2 is 2.31 bits per heavy atom. The molecule has 0 aromatic rings. The molecule has 1 atom stereocenters. The lowest BCUT2D eigenvalue weighted by Gasteiger charge is -2.16. The molecule has 0 saturated heterocycles. The zero-order valence-electron chi connectivity index (χ0n) is 7.90. The summed E-state index contributed by atoms with van der Waals surface area (Å²) in [7, 11) is 0. The van der Waals surface area contributed by atoms with E-state index in [1.54, 1.807) is 0 Å². The van der Waals surface area contributed by atoms with E-state index in [-0.39, 0.29) is 6.04 Å². The second-order valence-corrected chi connectivity index (χ2v) is 2.79. The molecule has 0 aromatic heterocycles. The van der Waals surface area contributed by atoms with Crippen LogP contribution in [0.25, 0.3) is 0 Å². The molecular weight excluding hydrogens is 158 g/mol. The highest BCUT2D eigenvalue weighted by molar-refractivity contribution is 5.34. The first-order chi connectivity index (χ1) is 6.38. The topological polar surface area (TPSA) is 12.0 Å². The molecule has 0 aromatic carbocycles. The molecule has 68 valence electrons. The summed E-state index contributed by atoms with van der Waals surface area (Å²) >= 11 is 0. The van der Waals surface area contributed by atoms with Gasteiger partial charge in [0.05, 0.1) is 6.04 Å². The lowest BCUT2D eigenvalue weighted by Crippen LogP contribution is -2.24. The molecule has 0 fully saturated rings. The van der Waals surface area contributed by atoms with Crippen molar-refractivity contribution in [2.45, 2.75) is 13.0 Å². The Morgan fingerprint density at radius 3 is 2.85 bits per heavy atom. The predicted molar refractivity (Wildman–Crippen MR) is 58.3 cm³/mol. The lowest BCUT2D eigenvalue weighted by molar-refractivity contribution is 0.801. The van der Waals surface area contributed by atoms with Gasteiger partial charge in [-0.3, -0.25) is 0 Å². The van der Waals surface area contributed by atoms with Crippen molar-refractivity contribution in [1.82, 2.24) is 5.32 Å². The molecule has 1 aliphatic heterocycles. The van der Waals surface area contributed by atoms with Gasteiger partial charge in [-0.15, -0.1) is 0 Å². The zero-order valence-corrected chi connectivity index (χ0v) is 7.90. The highest BCUT2D eigenvalue weighted by Gasteiger charge is 2.06. The molecule has 1 unspecified atom stereocenters. The largest absolute Gasteiger partial charge is 0.381 e. The van der Waals surface area contributed by atoms with Crippen LogP contribution in [0.2, 0.25) is 0 Å². The first kappa shape index (κ1) is 9.59. The van der Waals surface area contributed by atoms with Crippen molar-refractivity contribution in [3.63, 3.8) is 0 Å². The smallest absolute Gasteiger partial charge is 0.0695 e. The third-order valence-corrected chi connectivity index (χ3v) is 1.82. The Hall–Kier alpha value is -1.50. The maximum Gasteiger partial charge on any atom is 0.0695 e. The van der Waals surface area contributed by atoms with Crippen LogP contribution in [0.4, 0.5) is 0 Å². The van der Waals surface area contributed by atoms with E-state index >= 15 is 0 Å². The van der Waals surface area contributed by atoms with Gasteiger partial charge >= 0.3 is 0 Å². The molecule has 0 radical (unpaired) electrons. The number of hydrogen-bond donors (Lipinski definition) is 1. The maximum atomic E-state index is 3.70. The minimum absolute atomic E-state index is 0.277.